The smallest absolute Gasteiger partial charge is 0.123 e. The van der Waals surface area contributed by atoms with Gasteiger partial charge in [-0.05, 0) is 44.0 Å². The Hall–Kier alpha value is -1.43. The van der Waals surface area contributed by atoms with Crippen molar-refractivity contribution in [3.05, 3.63) is 35.3 Å². The summed E-state index contributed by atoms with van der Waals surface area (Å²) >= 11 is 1.67. The van der Waals surface area contributed by atoms with E-state index in [0.29, 0.717) is 12.6 Å². The van der Waals surface area contributed by atoms with E-state index in [1.54, 1.807) is 11.3 Å². The summed E-state index contributed by atoms with van der Waals surface area (Å²) < 4.78 is 5.47. The Morgan fingerprint density at radius 2 is 2.09 bits per heavy atom. The first-order valence-corrected chi connectivity index (χ1v) is 8.70. The first-order valence-electron chi connectivity index (χ1n) is 7.82. The van der Waals surface area contributed by atoms with Crippen molar-refractivity contribution < 1.29 is 9.84 Å². The molecule has 5 heteroatoms. The number of aromatic nitrogens is 1. The number of aliphatic hydroxyl groups is 1. The highest BCUT2D eigenvalue weighted by Gasteiger charge is 2.28. The maximum absolute atomic E-state index is 9.17. The van der Waals surface area contributed by atoms with Crippen LogP contribution in [0, 0.1) is 0 Å². The monoisotopic (exact) mass is 318 g/mol. The molecule has 1 aliphatic rings. The molecule has 0 spiro atoms. The quantitative estimate of drug-likeness (QED) is 0.812. The third-order valence-electron chi connectivity index (χ3n) is 3.78. The molecule has 0 unspecified atom stereocenters. The molecule has 0 amide bonds. The number of thiazole rings is 1. The number of rotatable bonds is 8. The third-order valence-corrected chi connectivity index (χ3v) is 4.72. The molecule has 1 fully saturated rings. The van der Waals surface area contributed by atoms with Crippen LogP contribution >= 0.6 is 11.3 Å². The maximum atomic E-state index is 9.17. The van der Waals surface area contributed by atoms with Crippen molar-refractivity contribution in [3.8, 4) is 16.3 Å². The van der Waals surface area contributed by atoms with Gasteiger partial charge in [0.25, 0.3) is 0 Å². The number of hydrogen-bond acceptors (Lipinski definition) is 5. The fourth-order valence-electron chi connectivity index (χ4n) is 2.54. The van der Waals surface area contributed by atoms with E-state index in [0.717, 1.165) is 35.1 Å². The van der Waals surface area contributed by atoms with Gasteiger partial charge in [-0.2, -0.15) is 0 Å². The molecule has 1 N–H and O–H groups in total. The van der Waals surface area contributed by atoms with Gasteiger partial charge in [0, 0.05) is 30.1 Å². The lowest BCUT2D eigenvalue weighted by Crippen LogP contribution is -2.28. The van der Waals surface area contributed by atoms with Crippen LogP contribution in [0.5, 0.6) is 5.75 Å². The van der Waals surface area contributed by atoms with Gasteiger partial charge in [-0.25, -0.2) is 4.98 Å². The molecule has 1 aliphatic carbocycles. The summed E-state index contributed by atoms with van der Waals surface area (Å²) in [4.78, 5) is 7.07. The number of aliphatic hydroxyl groups excluding tert-OH is 1. The molecule has 1 heterocycles. The summed E-state index contributed by atoms with van der Waals surface area (Å²) in [6, 6.07) is 8.73. The normalized spacial score (nSPS) is 14.5. The molecular weight excluding hydrogens is 296 g/mol. The van der Waals surface area contributed by atoms with Crippen molar-refractivity contribution >= 4 is 11.3 Å². The van der Waals surface area contributed by atoms with Gasteiger partial charge in [-0.1, -0.05) is 0 Å². The topological polar surface area (TPSA) is 45.6 Å². The standard InChI is InChI=1S/C17H22N2O2S/c1-2-21-16-7-3-13(4-8-16)17-18-14(12-22-17)11-19(9-10-20)15-5-6-15/h3-4,7-8,12,15,20H,2,5-6,9-11H2,1H3. The number of benzene rings is 1. The first-order chi connectivity index (χ1) is 10.8. The van der Waals surface area contributed by atoms with Gasteiger partial charge in [-0.15, -0.1) is 11.3 Å². The Morgan fingerprint density at radius 3 is 2.73 bits per heavy atom. The van der Waals surface area contributed by atoms with Crippen molar-refractivity contribution in [2.45, 2.75) is 32.4 Å². The molecule has 0 bridgehead atoms. The summed E-state index contributed by atoms with van der Waals surface area (Å²) in [7, 11) is 0. The van der Waals surface area contributed by atoms with Crippen molar-refractivity contribution in [1.82, 2.24) is 9.88 Å². The Balaban J connectivity index is 1.67. The van der Waals surface area contributed by atoms with Gasteiger partial charge < -0.3 is 9.84 Å². The van der Waals surface area contributed by atoms with E-state index in [1.807, 2.05) is 19.1 Å². The van der Waals surface area contributed by atoms with Crippen LogP contribution in [-0.2, 0) is 6.54 Å². The minimum atomic E-state index is 0.215. The summed E-state index contributed by atoms with van der Waals surface area (Å²) in [6.07, 6.45) is 2.49. The molecule has 1 saturated carbocycles. The zero-order valence-corrected chi connectivity index (χ0v) is 13.7. The summed E-state index contributed by atoms with van der Waals surface area (Å²) in [5, 5.41) is 12.3. The molecule has 1 aromatic heterocycles. The molecule has 0 radical (unpaired) electrons. The Labute approximate surface area is 135 Å². The molecule has 22 heavy (non-hydrogen) atoms. The van der Waals surface area contributed by atoms with Gasteiger partial charge >= 0.3 is 0 Å². The summed E-state index contributed by atoms with van der Waals surface area (Å²) in [5.74, 6) is 0.894. The first kappa shape index (κ1) is 15.5. The lowest BCUT2D eigenvalue weighted by atomic mass is 10.2. The van der Waals surface area contributed by atoms with E-state index in [9.17, 15) is 5.11 Å². The van der Waals surface area contributed by atoms with E-state index in [4.69, 9.17) is 9.72 Å². The Morgan fingerprint density at radius 1 is 1.32 bits per heavy atom. The van der Waals surface area contributed by atoms with E-state index in [1.165, 1.54) is 12.8 Å². The van der Waals surface area contributed by atoms with Crippen LogP contribution in [0.2, 0.25) is 0 Å². The molecule has 1 aromatic carbocycles. The molecule has 0 aliphatic heterocycles. The van der Waals surface area contributed by atoms with E-state index < -0.39 is 0 Å². The minimum absolute atomic E-state index is 0.215. The van der Waals surface area contributed by atoms with Crippen molar-refractivity contribution in [1.29, 1.82) is 0 Å². The third kappa shape index (κ3) is 3.85. The van der Waals surface area contributed by atoms with Crippen molar-refractivity contribution in [3.63, 3.8) is 0 Å². The van der Waals surface area contributed by atoms with E-state index in [-0.39, 0.29) is 6.61 Å². The highest BCUT2D eigenvalue weighted by Crippen LogP contribution is 2.30. The second-order valence-corrected chi connectivity index (χ2v) is 6.38. The molecule has 118 valence electrons. The van der Waals surface area contributed by atoms with Gasteiger partial charge in [-0.3, -0.25) is 4.90 Å². The second-order valence-electron chi connectivity index (χ2n) is 5.53. The number of ether oxygens (including phenoxy) is 1. The molecular formula is C17H22N2O2S. The maximum Gasteiger partial charge on any atom is 0.123 e. The SMILES string of the molecule is CCOc1ccc(-c2nc(CN(CCO)C3CC3)cs2)cc1. The van der Waals surface area contributed by atoms with Gasteiger partial charge in [0.05, 0.1) is 18.9 Å². The molecule has 3 rings (SSSR count). The lowest BCUT2D eigenvalue weighted by molar-refractivity contribution is 0.182. The zero-order chi connectivity index (χ0) is 15.4. The predicted molar refractivity (Wildman–Crippen MR) is 89.2 cm³/mol. The summed E-state index contributed by atoms with van der Waals surface area (Å²) in [6.45, 7) is 4.45. The average molecular weight is 318 g/mol. The Bertz CT molecular complexity index is 593. The summed E-state index contributed by atoms with van der Waals surface area (Å²) in [5.41, 5.74) is 2.22. The van der Waals surface area contributed by atoms with Crippen LogP contribution < -0.4 is 4.74 Å². The van der Waals surface area contributed by atoms with Gasteiger partial charge in [0.2, 0.25) is 0 Å². The van der Waals surface area contributed by atoms with Crippen molar-refractivity contribution in [2.75, 3.05) is 19.8 Å². The van der Waals surface area contributed by atoms with Gasteiger partial charge in [0.15, 0.2) is 0 Å². The van der Waals surface area contributed by atoms with Crippen LogP contribution in [0.25, 0.3) is 10.6 Å². The van der Waals surface area contributed by atoms with Gasteiger partial charge in [0.1, 0.15) is 10.8 Å². The van der Waals surface area contributed by atoms with E-state index in [2.05, 4.69) is 22.4 Å². The molecule has 2 aromatic rings. The zero-order valence-electron chi connectivity index (χ0n) is 12.9. The highest BCUT2D eigenvalue weighted by molar-refractivity contribution is 7.13. The fourth-order valence-corrected chi connectivity index (χ4v) is 3.36. The van der Waals surface area contributed by atoms with Crippen LogP contribution in [0.4, 0.5) is 0 Å². The highest BCUT2D eigenvalue weighted by atomic mass is 32.1. The number of hydrogen-bond donors (Lipinski definition) is 1. The molecule has 0 saturated heterocycles. The van der Waals surface area contributed by atoms with Crippen LogP contribution in [-0.4, -0.2) is 40.8 Å². The predicted octanol–water partition coefficient (Wildman–Crippen LogP) is 3.17. The largest absolute Gasteiger partial charge is 0.494 e. The Kier molecular flexibility index (Phi) is 5.08. The van der Waals surface area contributed by atoms with E-state index >= 15 is 0 Å². The van der Waals surface area contributed by atoms with Crippen molar-refractivity contribution in [2.24, 2.45) is 0 Å². The average Bonchev–Trinajstić information content (AvgIpc) is 3.28. The number of nitrogens with zero attached hydrogens (tertiary/aromatic N) is 2. The second kappa shape index (κ2) is 7.22. The molecule has 0 atom stereocenters. The minimum Gasteiger partial charge on any atom is -0.494 e. The van der Waals surface area contributed by atoms with Crippen LogP contribution in [0.1, 0.15) is 25.5 Å². The fraction of sp³-hybridized carbons (Fsp3) is 0.471. The van der Waals surface area contributed by atoms with Crippen LogP contribution in [0.15, 0.2) is 29.6 Å². The lowest BCUT2D eigenvalue weighted by Gasteiger charge is -2.19. The molecule has 4 nitrogen and oxygen atoms in total. The van der Waals surface area contributed by atoms with Crippen LogP contribution in [0.3, 0.4) is 0 Å².